The molecule has 1 amide bonds. The second-order valence-electron chi connectivity index (χ2n) is 9.57. The number of carbonyl (C=O) groups excluding carboxylic acids is 1. The van der Waals surface area contributed by atoms with E-state index in [1.54, 1.807) is 23.7 Å². The number of ether oxygens (including phenoxy) is 2. The molecule has 1 unspecified atom stereocenters. The van der Waals surface area contributed by atoms with E-state index in [9.17, 15) is 32.7 Å². The van der Waals surface area contributed by atoms with Gasteiger partial charge in [-0.3, -0.25) is 19.9 Å². The molecule has 2 heterocycles. The second-order valence-corrected chi connectivity index (χ2v) is 9.57. The van der Waals surface area contributed by atoms with Crippen LogP contribution in [-0.4, -0.2) is 59.5 Å². The Morgan fingerprint density at radius 3 is 2.46 bits per heavy atom. The average Bonchev–Trinajstić information content (AvgIpc) is 2.93. The first-order valence-electron chi connectivity index (χ1n) is 12.4. The fourth-order valence-corrected chi connectivity index (χ4v) is 5.05. The molecule has 8 nitrogen and oxygen atoms in total. The number of aromatic nitrogens is 1. The first-order valence-corrected chi connectivity index (χ1v) is 12.4. The number of hydrogen-bond acceptors (Lipinski definition) is 7. The van der Waals surface area contributed by atoms with Crippen LogP contribution in [0.2, 0.25) is 0 Å². The number of amides is 1. The van der Waals surface area contributed by atoms with Crippen LogP contribution in [0.3, 0.4) is 0 Å². The van der Waals surface area contributed by atoms with Crippen LogP contribution in [0.25, 0.3) is 10.9 Å². The van der Waals surface area contributed by atoms with Crippen LogP contribution < -0.4 is 15.0 Å². The molecular formula is C27H29F4N3O5. The molecular weight excluding hydrogens is 522 g/mol. The third-order valence-electron chi connectivity index (χ3n) is 7.31. The van der Waals surface area contributed by atoms with Gasteiger partial charge in [0.2, 0.25) is 5.91 Å². The van der Waals surface area contributed by atoms with E-state index in [1.165, 1.54) is 7.11 Å². The van der Waals surface area contributed by atoms with Crippen molar-refractivity contribution < 1.29 is 42.1 Å². The lowest BCUT2D eigenvalue weighted by Gasteiger charge is -2.40. The number of nitrogens with zero attached hydrogens (tertiary/aromatic N) is 2. The zero-order valence-electron chi connectivity index (χ0n) is 21.2. The third-order valence-corrected chi connectivity index (χ3v) is 7.31. The van der Waals surface area contributed by atoms with Crippen molar-refractivity contribution in [3.05, 3.63) is 65.4 Å². The minimum absolute atomic E-state index is 0.0346. The molecule has 0 saturated carbocycles. The van der Waals surface area contributed by atoms with Gasteiger partial charge in [-0.1, -0.05) is 0 Å². The number of hydrogen-bond donors (Lipinski definition) is 3. The van der Waals surface area contributed by atoms with Crippen LogP contribution in [0, 0.1) is 28.7 Å². The summed E-state index contributed by atoms with van der Waals surface area (Å²) in [6.45, 7) is 0.997. The number of halogens is 4. The lowest BCUT2D eigenvalue weighted by atomic mass is 9.73. The van der Waals surface area contributed by atoms with Crippen LogP contribution in [0.15, 0.2) is 36.5 Å². The van der Waals surface area contributed by atoms with Crippen LogP contribution in [-0.2, 0) is 4.79 Å². The molecule has 1 saturated heterocycles. The number of carbonyl (C=O) groups is 1. The van der Waals surface area contributed by atoms with E-state index >= 15 is 0 Å². The number of fused-ring (bicyclic) bond motifs is 1. The summed E-state index contributed by atoms with van der Waals surface area (Å²) in [4.78, 5) is 18.7. The quantitative estimate of drug-likeness (QED) is 0.196. The molecule has 0 radical (unpaired) electrons. The number of likely N-dealkylation sites (tertiary alicyclic amines) is 1. The smallest absolute Gasteiger partial charge is 0.249 e. The number of piperidine rings is 1. The predicted octanol–water partition coefficient (Wildman–Crippen LogP) is 4.28. The Hall–Kier alpha value is -3.48. The summed E-state index contributed by atoms with van der Waals surface area (Å²) in [5.74, 6) is -4.81. The van der Waals surface area contributed by atoms with Gasteiger partial charge in [0.15, 0.2) is 17.4 Å². The summed E-state index contributed by atoms with van der Waals surface area (Å²) in [5.41, 5.74) is 1.21. The topological polar surface area (TPSA) is 104 Å². The molecule has 3 aromatic rings. The summed E-state index contributed by atoms with van der Waals surface area (Å²) in [6.07, 6.45) is 0.584. The Morgan fingerprint density at radius 2 is 1.82 bits per heavy atom. The molecule has 0 bridgehead atoms. The monoisotopic (exact) mass is 551 g/mol. The van der Waals surface area contributed by atoms with Crippen LogP contribution in [0.1, 0.15) is 37.4 Å². The molecule has 0 aliphatic carbocycles. The summed E-state index contributed by atoms with van der Waals surface area (Å²) >= 11 is 0. The number of pyridine rings is 1. The van der Waals surface area contributed by atoms with Gasteiger partial charge in [-0.2, -0.15) is 0 Å². The van der Waals surface area contributed by atoms with Crippen LogP contribution in [0.5, 0.6) is 11.5 Å². The fourth-order valence-electron chi connectivity index (χ4n) is 5.05. The largest absolute Gasteiger partial charge is 0.497 e. The highest BCUT2D eigenvalue weighted by Gasteiger charge is 2.41. The van der Waals surface area contributed by atoms with Crippen molar-refractivity contribution >= 4 is 16.8 Å². The van der Waals surface area contributed by atoms with E-state index in [2.05, 4.69) is 4.98 Å². The van der Waals surface area contributed by atoms with Crippen molar-refractivity contribution in [2.75, 3.05) is 33.4 Å². The fraction of sp³-hybridized carbons (Fsp3) is 0.407. The molecule has 1 fully saturated rings. The Labute approximate surface area is 222 Å². The van der Waals surface area contributed by atoms with E-state index in [0.717, 1.165) is 6.20 Å². The molecule has 3 N–H and O–H groups in total. The van der Waals surface area contributed by atoms with Gasteiger partial charge in [0.1, 0.15) is 24.0 Å². The molecule has 12 heteroatoms. The normalized spacial score (nSPS) is 16.2. The zero-order chi connectivity index (χ0) is 28.2. The number of hydroxylamine groups is 1. The van der Waals surface area contributed by atoms with Crippen molar-refractivity contribution in [1.82, 2.24) is 15.4 Å². The maximum absolute atomic E-state index is 14.8. The van der Waals surface area contributed by atoms with E-state index in [4.69, 9.17) is 9.47 Å². The predicted molar refractivity (Wildman–Crippen MR) is 132 cm³/mol. The molecule has 4 rings (SSSR count). The van der Waals surface area contributed by atoms with E-state index in [0.29, 0.717) is 54.7 Å². The minimum atomic E-state index is -1.25. The first-order chi connectivity index (χ1) is 18.7. The highest BCUT2D eigenvalue weighted by molar-refractivity contribution is 5.84. The maximum Gasteiger partial charge on any atom is 0.249 e. The molecule has 39 heavy (non-hydrogen) atoms. The zero-order valence-corrected chi connectivity index (χ0v) is 21.2. The SMILES string of the molecule is COc1ccc2ncc(F)c(C(O)CCC3(C(=O)NO)CCN(CCOc4c(F)cc(F)cc4F)CC3)c2c1. The van der Waals surface area contributed by atoms with Crippen molar-refractivity contribution in [1.29, 1.82) is 0 Å². The van der Waals surface area contributed by atoms with Gasteiger partial charge in [-0.05, 0) is 57.0 Å². The summed E-state index contributed by atoms with van der Waals surface area (Å²) in [5, 5.41) is 20.8. The van der Waals surface area contributed by atoms with Gasteiger partial charge in [-0.25, -0.2) is 23.0 Å². The van der Waals surface area contributed by atoms with Crippen LogP contribution in [0.4, 0.5) is 17.6 Å². The van der Waals surface area contributed by atoms with Gasteiger partial charge in [0.05, 0.1) is 30.3 Å². The molecule has 0 spiro atoms. The second kappa shape index (κ2) is 12.1. The van der Waals surface area contributed by atoms with E-state index in [-0.39, 0.29) is 31.6 Å². The number of methoxy groups -OCH3 is 1. The van der Waals surface area contributed by atoms with Gasteiger partial charge >= 0.3 is 0 Å². The summed E-state index contributed by atoms with van der Waals surface area (Å²) in [6, 6.07) is 5.99. The van der Waals surface area contributed by atoms with Crippen molar-refractivity contribution in [3.63, 3.8) is 0 Å². The highest BCUT2D eigenvalue weighted by Crippen LogP contribution is 2.40. The number of benzene rings is 2. The van der Waals surface area contributed by atoms with Gasteiger partial charge < -0.3 is 14.6 Å². The lowest BCUT2D eigenvalue weighted by molar-refractivity contribution is -0.144. The van der Waals surface area contributed by atoms with Gasteiger partial charge in [-0.15, -0.1) is 0 Å². The molecule has 1 aromatic heterocycles. The van der Waals surface area contributed by atoms with Gasteiger partial charge in [0, 0.05) is 29.6 Å². The van der Waals surface area contributed by atoms with Gasteiger partial charge in [0.25, 0.3) is 0 Å². The third kappa shape index (κ3) is 6.23. The molecule has 1 atom stereocenters. The molecule has 1 aliphatic heterocycles. The van der Waals surface area contributed by atoms with Crippen molar-refractivity contribution in [3.8, 4) is 11.5 Å². The Morgan fingerprint density at radius 1 is 1.13 bits per heavy atom. The number of aliphatic hydroxyl groups excluding tert-OH is 1. The summed E-state index contributed by atoms with van der Waals surface area (Å²) in [7, 11) is 1.47. The highest BCUT2D eigenvalue weighted by atomic mass is 19.1. The van der Waals surface area contributed by atoms with E-state index in [1.807, 2.05) is 4.90 Å². The first kappa shape index (κ1) is 28.5. The number of nitrogens with one attached hydrogen (secondary N) is 1. The minimum Gasteiger partial charge on any atom is -0.497 e. The molecule has 2 aromatic carbocycles. The molecule has 210 valence electrons. The van der Waals surface area contributed by atoms with Crippen LogP contribution >= 0.6 is 0 Å². The number of aliphatic hydroxyl groups is 1. The number of rotatable bonds is 10. The van der Waals surface area contributed by atoms with E-state index < -0.39 is 46.4 Å². The van der Waals surface area contributed by atoms with Crippen molar-refractivity contribution in [2.45, 2.75) is 31.8 Å². The standard InChI is InChI=1S/C27H29F4N3O5/c1-38-17-2-3-22-18(14-17)24(21(31)15-32-22)23(35)4-5-27(26(36)33-37)6-8-34(9-7-27)10-11-39-25-19(29)12-16(28)13-20(25)30/h2-3,12-15,23,35,37H,4-11H2,1H3,(H,33,36). The molecule has 1 aliphatic rings. The maximum atomic E-state index is 14.8. The van der Waals surface area contributed by atoms with Crippen molar-refractivity contribution in [2.24, 2.45) is 5.41 Å². The Kier molecular flexibility index (Phi) is 8.88. The Bertz CT molecular complexity index is 1310. The Balaban J connectivity index is 1.40. The summed E-state index contributed by atoms with van der Waals surface area (Å²) < 4.78 is 65.8. The average molecular weight is 552 g/mol. The lowest BCUT2D eigenvalue weighted by Crippen LogP contribution is -2.49.